The van der Waals surface area contributed by atoms with Gasteiger partial charge < -0.3 is 10.5 Å². The van der Waals surface area contributed by atoms with Crippen LogP contribution >= 0.6 is 0 Å². The third kappa shape index (κ3) is 3.71. The van der Waals surface area contributed by atoms with Crippen LogP contribution in [0.2, 0.25) is 0 Å². The summed E-state index contributed by atoms with van der Waals surface area (Å²) in [5.41, 5.74) is 5.66. The summed E-state index contributed by atoms with van der Waals surface area (Å²) in [4.78, 5) is 0. The van der Waals surface area contributed by atoms with Crippen LogP contribution in [0.3, 0.4) is 0 Å². The minimum absolute atomic E-state index is 0.168. The SMILES string of the molecule is COCCCS(=O)(=O)C1CCCCC1CN. The third-order valence-corrected chi connectivity index (χ3v) is 5.78. The molecule has 0 amide bonds. The predicted octanol–water partition coefficient (Wildman–Crippen LogP) is 0.955. The second-order valence-corrected chi connectivity index (χ2v) is 6.87. The van der Waals surface area contributed by atoms with Crippen LogP contribution in [0.5, 0.6) is 0 Å². The molecule has 0 aromatic carbocycles. The van der Waals surface area contributed by atoms with Gasteiger partial charge >= 0.3 is 0 Å². The summed E-state index contributed by atoms with van der Waals surface area (Å²) in [6.07, 6.45) is 4.48. The Hall–Kier alpha value is -0.130. The Morgan fingerprint density at radius 3 is 2.62 bits per heavy atom. The smallest absolute Gasteiger partial charge is 0.153 e. The van der Waals surface area contributed by atoms with Crippen molar-refractivity contribution >= 4 is 9.84 Å². The maximum Gasteiger partial charge on any atom is 0.153 e. The van der Waals surface area contributed by atoms with Gasteiger partial charge in [-0.25, -0.2) is 8.42 Å². The van der Waals surface area contributed by atoms with Crippen molar-refractivity contribution < 1.29 is 13.2 Å². The fourth-order valence-corrected chi connectivity index (χ4v) is 4.65. The Balaban J connectivity index is 2.57. The molecule has 16 heavy (non-hydrogen) atoms. The molecule has 4 nitrogen and oxygen atoms in total. The molecule has 2 N–H and O–H groups in total. The molecule has 5 heteroatoms. The Kier molecular flexibility index (Phi) is 5.72. The zero-order valence-electron chi connectivity index (χ0n) is 10.0. The lowest BCUT2D eigenvalue weighted by Gasteiger charge is -2.30. The molecule has 96 valence electrons. The largest absolute Gasteiger partial charge is 0.385 e. The van der Waals surface area contributed by atoms with Crippen molar-refractivity contribution in [2.75, 3.05) is 26.0 Å². The molecule has 0 heterocycles. The van der Waals surface area contributed by atoms with Crippen molar-refractivity contribution in [1.29, 1.82) is 0 Å². The van der Waals surface area contributed by atoms with E-state index < -0.39 is 9.84 Å². The fraction of sp³-hybridized carbons (Fsp3) is 1.00. The Bertz CT molecular complexity index is 290. The lowest BCUT2D eigenvalue weighted by atomic mass is 9.89. The monoisotopic (exact) mass is 249 g/mol. The van der Waals surface area contributed by atoms with Crippen LogP contribution < -0.4 is 5.73 Å². The average Bonchev–Trinajstić information content (AvgIpc) is 2.29. The van der Waals surface area contributed by atoms with Crippen molar-refractivity contribution in [3.05, 3.63) is 0 Å². The van der Waals surface area contributed by atoms with Gasteiger partial charge in [0.15, 0.2) is 9.84 Å². The standard InChI is InChI=1S/C11H23NO3S/c1-15-7-4-8-16(13,14)11-6-3-2-5-10(11)9-12/h10-11H,2-9,12H2,1H3. The van der Waals surface area contributed by atoms with E-state index in [1.54, 1.807) is 7.11 Å². The van der Waals surface area contributed by atoms with Crippen LogP contribution in [0.15, 0.2) is 0 Å². The van der Waals surface area contributed by atoms with Gasteiger partial charge in [-0.15, -0.1) is 0 Å². The summed E-state index contributed by atoms with van der Waals surface area (Å²) < 4.78 is 29.1. The van der Waals surface area contributed by atoms with Gasteiger partial charge in [0.2, 0.25) is 0 Å². The number of hydrogen-bond donors (Lipinski definition) is 1. The highest BCUT2D eigenvalue weighted by Gasteiger charge is 2.33. The highest BCUT2D eigenvalue weighted by molar-refractivity contribution is 7.92. The minimum Gasteiger partial charge on any atom is -0.385 e. The third-order valence-electron chi connectivity index (χ3n) is 3.38. The highest BCUT2D eigenvalue weighted by Crippen LogP contribution is 2.29. The molecule has 1 rings (SSSR count). The minimum atomic E-state index is -2.98. The Morgan fingerprint density at radius 2 is 2.00 bits per heavy atom. The second-order valence-electron chi connectivity index (χ2n) is 4.53. The fourth-order valence-electron chi connectivity index (χ4n) is 2.47. The molecule has 2 unspecified atom stereocenters. The zero-order valence-corrected chi connectivity index (χ0v) is 10.8. The summed E-state index contributed by atoms with van der Waals surface area (Å²) >= 11 is 0. The first-order valence-electron chi connectivity index (χ1n) is 6.02. The number of rotatable bonds is 6. The molecule has 2 atom stereocenters. The molecule has 0 radical (unpaired) electrons. The first kappa shape index (κ1) is 13.9. The maximum absolute atomic E-state index is 12.1. The van der Waals surface area contributed by atoms with Crippen LogP contribution in [0.25, 0.3) is 0 Å². The molecule has 1 saturated carbocycles. The molecule has 0 aromatic rings. The van der Waals surface area contributed by atoms with Gasteiger partial charge in [0.1, 0.15) is 0 Å². The summed E-state index contributed by atoms with van der Waals surface area (Å²) in [6.45, 7) is 1.01. The molecule has 0 spiro atoms. The molecular weight excluding hydrogens is 226 g/mol. The van der Waals surface area contributed by atoms with Gasteiger partial charge in [0, 0.05) is 13.7 Å². The number of nitrogens with two attached hydrogens (primary N) is 1. The molecule has 0 aromatic heterocycles. The van der Waals surface area contributed by atoms with Gasteiger partial charge in [-0.05, 0) is 31.7 Å². The van der Waals surface area contributed by atoms with E-state index in [1.165, 1.54) is 0 Å². The Labute approximate surface area is 98.5 Å². The van der Waals surface area contributed by atoms with Crippen LogP contribution in [-0.4, -0.2) is 39.7 Å². The predicted molar refractivity (Wildman–Crippen MR) is 65.1 cm³/mol. The van der Waals surface area contributed by atoms with Crippen molar-refractivity contribution in [1.82, 2.24) is 0 Å². The summed E-state index contributed by atoms with van der Waals surface area (Å²) in [6, 6.07) is 0. The van der Waals surface area contributed by atoms with Crippen molar-refractivity contribution in [2.24, 2.45) is 11.7 Å². The van der Waals surface area contributed by atoms with Crippen molar-refractivity contribution in [3.8, 4) is 0 Å². The number of methoxy groups -OCH3 is 1. The van der Waals surface area contributed by atoms with E-state index >= 15 is 0 Å². The summed E-state index contributed by atoms with van der Waals surface area (Å²) in [5.74, 6) is 0.406. The van der Waals surface area contributed by atoms with Gasteiger partial charge in [-0.3, -0.25) is 0 Å². The first-order valence-corrected chi connectivity index (χ1v) is 7.74. The van der Waals surface area contributed by atoms with Crippen molar-refractivity contribution in [3.63, 3.8) is 0 Å². The molecule has 1 aliphatic carbocycles. The summed E-state index contributed by atoms with van der Waals surface area (Å²) in [5, 5.41) is -0.205. The van der Waals surface area contributed by atoms with Crippen LogP contribution in [0.1, 0.15) is 32.1 Å². The molecule has 1 aliphatic rings. The van der Waals surface area contributed by atoms with Gasteiger partial charge in [0.25, 0.3) is 0 Å². The first-order chi connectivity index (χ1) is 7.61. The van der Waals surface area contributed by atoms with E-state index in [9.17, 15) is 8.42 Å². The number of sulfone groups is 1. The van der Waals surface area contributed by atoms with Gasteiger partial charge in [-0.1, -0.05) is 12.8 Å². The quantitative estimate of drug-likeness (QED) is 0.712. The summed E-state index contributed by atoms with van der Waals surface area (Å²) in [7, 11) is -1.38. The van der Waals surface area contributed by atoms with Crippen LogP contribution in [0.4, 0.5) is 0 Å². The van der Waals surface area contributed by atoms with Gasteiger partial charge in [0.05, 0.1) is 11.0 Å². The lowest BCUT2D eigenvalue weighted by Crippen LogP contribution is -2.38. The second kappa shape index (κ2) is 6.57. The van der Waals surface area contributed by atoms with Crippen LogP contribution in [0, 0.1) is 5.92 Å². The van der Waals surface area contributed by atoms with E-state index in [2.05, 4.69) is 0 Å². The van der Waals surface area contributed by atoms with E-state index in [0.717, 1.165) is 25.7 Å². The zero-order chi connectivity index (χ0) is 12.0. The normalized spacial score (nSPS) is 26.9. The topological polar surface area (TPSA) is 69.4 Å². The average molecular weight is 249 g/mol. The molecule has 0 saturated heterocycles. The number of ether oxygens (including phenoxy) is 1. The number of hydrogen-bond acceptors (Lipinski definition) is 4. The van der Waals surface area contributed by atoms with Gasteiger partial charge in [-0.2, -0.15) is 0 Å². The maximum atomic E-state index is 12.1. The Morgan fingerprint density at radius 1 is 1.31 bits per heavy atom. The van der Waals surface area contributed by atoms with Crippen LogP contribution in [-0.2, 0) is 14.6 Å². The lowest BCUT2D eigenvalue weighted by molar-refractivity contribution is 0.199. The van der Waals surface area contributed by atoms with E-state index in [-0.39, 0.29) is 16.9 Å². The van der Waals surface area contributed by atoms with E-state index in [0.29, 0.717) is 19.6 Å². The van der Waals surface area contributed by atoms with E-state index in [4.69, 9.17) is 10.5 Å². The van der Waals surface area contributed by atoms with Crippen molar-refractivity contribution in [2.45, 2.75) is 37.4 Å². The molecular formula is C11H23NO3S. The highest BCUT2D eigenvalue weighted by atomic mass is 32.2. The molecule has 0 bridgehead atoms. The molecule has 0 aliphatic heterocycles. The van der Waals surface area contributed by atoms with E-state index in [1.807, 2.05) is 0 Å². The molecule has 1 fully saturated rings.